The maximum atomic E-state index is 12.3. The zero-order valence-electron chi connectivity index (χ0n) is 14.3. The van der Waals surface area contributed by atoms with Gasteiger partial charge in [0.25, 0.3) is 0 Å². The lowest BCUT2D eigenvalue weighted by Gasteiger charge is -2.34. The Kier molecular flexibility index (Phi) is 4.66. The second-order valence-corrected chi connectivity index (χ2v) is 6.84. The van der Waals surface area contributed by atoms with Gasteiger partial charge in [0.1, 0.15) is 0 Å². The van der Waals surface area contributed by atoms with Crippen LogP contribution in [-0.4, -0.2) is 28.3 Å². The van der Waals surface area contributed by atoms with Crippen LogP contribution in [0.25, 0.3) is 11.4 Å². The molecule has 128 valence electrons. The maximum absolute atomic E-state index is 12.3. The molecule has 0 saturated carbocycles. The van der Waals surface area contributed by atoms with Crippen LogP contribution < -0.4 is 5.32 Å². The first-order valence-corrected chi connectivity index (χ1v) is 8.25. The number of aromatic nitrogens is 2. The van der Waals surface area contributed by atoms with Gasteiger partial charge in [0, 0.05) is 18.1 Å². The van der Waals surface area contributed by atoms with Gasteiger partial charge < -0.3 is 14.6 Å². The van der Waals surface area contributed by atoms with Crippen LogP contribution in [0.3, 0.4) is 0 Å². The molecule has 0 bridgehead atoms. The lowest BCUT2D eigenvalue weighted by Crippen LogP contribution is -2.41. The molecule has 0 unspecified atom stereocenters. The van der Waals surface area contributed by atoms with E-state index in [1.165, 1.54) is 0 Å². The number of nitrogens with one attached hydrogen (secondary N) is 1. The van der Waals surface area contributed by atoms with Crippen LogP contribution in [0.1, 0.15) is 38.1 Å². The molecule has 2 aromatic rings. The number of hydrogen-bond acceptors (Lipinski definition) is 5. The third kappa shape index (κ3) is 3.82. The number of aryl methyl sites for hydroxylation is 1. The Morgan fingerprint density at radius 3 is 2.92 bits per heavy atom. The van der Waals surface area contributed by atoms with Gasteiger partial charge in [0.2, 0.25) is 17.6 Å². The van der Waals surface area contributed by atoms with Gasteiger partial charge in [-0.05, 0) is 39.2 Å². The highest BCUT2D eigenvalue weighted by atomic mass is 16.5. The van der Waals surface area contributed by atoms with E-state index in [1.54, 1.807) is 0 Å². The number of carbonyl (C=O) groups is 1. The lowest BCUT2D eigenvalue weighted by molar-refractivity contribution is -0.135. The molecular weight excluding hydrogens is 306 g/mol. The Morgan fingerprint density at radius 1 is 1.38 bits per heavy atom. The Balaban J connectivity index is 1.60. The number of hydrogen-bond donors (Lipinski definition) is 1. The van der Waals surface area contributed by atoms with Crippen molar-refractivity contribution in [1.82, 2.24) is 15.5 Å². The molecule has 3 rings (SSSR count). The highest BCUT2D eigenvalue weighted by molar-refractivity contribution is 5.78. The monoisotopic (exact) mass is 329 g/mol. The van der Waals surface area contributed by atoms with Crippen LogP contribution >= 0.6 is 0 Å². The predicted molar refractivity (Wildman–Crippen MR) is 89.1 cm³/mol. The smallest absolute Gasteiger partial charge is 0.246 e. The van der Waals surface area contributed by atoms with Crippen molar-refractivity contribution in [3.05, 3.63) is 35.7 Å². The average Bonchev–Trinajstić information content (AvgIpc) is 3.01. The molecule has 1 aliphatic rings. The summed E-state index contributed by atoms with van der Waals surface area (Å²) in [5.74, 6) is 0.937. The molecule has 1 amide bonds. The van der Waals surface area contributed by atoms with Crippen molar-refractivity contribution in [1.29, 1.82) is 0 Å². The summed E-state index contributed by atoms with van der Waals surface area (Å²) in [6.45, 7) is 6.89. The minimum absolute atomic E-state index is 0.0158. The molecule has 1 saturated heterocycles. The van der Waals surface area contributed by atoms with Crippen molar-refractivity contribution >= 4 is 5.91 Å². The minimum atomic E-state index is -0.247. The van der Waals surface area contributed by atoms with E-state index in [2.05, 4.69) is 15.5 Å². The Morgan fingerprint density at radius 2 is 2.17 bits per heavy atom. The summed E-state index contributed by atoms with van der Waals surface area (Å²) in [7, 11) is 0. The normalized spacial score (nSPS) is 19.9. The van der Waals surface area contributed by atoms with Gasteiger partial charge in [-0.2, -0.15) is 4.98 Å². The molecule has 6 nitrogen and oxygen atoms in total. The highest BCUT2D eigenvalue weighted by Gasteiger charge is 2.32. The molecule has 0 aliphatic carbocycles. The van der Waals surface area contributed by atoms with Gasteiger partial charge >= 0.3 is 0 Å². The van der Waals surface area contributed by atoms with E-state index in [4.69, 9.17) is 9.26 Å². The van der Waals surface area contributed by atoms with Crippen LogP contribution in [-0.2, 0) is 16.1 Å². The quantitative estimate of drug-likeness (QED) is 0.933. The molecule has 2 heterocycles. The van der Waals surface area contributed by atoms with E-state index >= 15 is 0 Å². The topological polar surface area (TPSA) is 77.2 Å². The Bertz CT molecular complexity index is 724. The van der Waals surface area contributed by atoms with E-state index in [0.717, 1.165) is 24.0 Å². The zero-order valence-corrected chi connectivity index (χ0v) is 14.3. The number of benzene rings is 1. The molecule has 0 radical (unpaired) electrons. The second-order valence-electron chi connectivity index (χ2n) is 6.84. The molecule has 1 aromatic carbocycles. The van der Waals surface area contributed by atoms with Gasteiger partial charge in [0.05, 0.1) is 12.1 Å². The fraction of sp³-hybridized carbons (Fsp3) is 0.500. The summed E-state index contributed by atoms with van der Waals surface area (Å²) in [5, 5.41) is 6.90. The van der Waals surface area contributed by atoms with Gasteiger partial charge in [-0.1, -0.05) is 29.4 Å². The highest BCUT2D eigenvalue weighted by Crippen LogP contribution is 2.28. The summed E-state index contributed by atoms with van der Waals surface area (Å²) in [6.07, 6.45) is 1.46. The molecule has 1 aliphatic heterocycles. The van der Waals surface area contributed by atoms with Gasteiger partial charge in [-0.3, -0.25) is 4.79 Å². The molecule has 6 heteroatoms. The zero-order chi connectivity index (χ0) is 17.2. The average molecular weight is 329 g/mol. The SMILES string of the molecule is Cc1ccccc1-c1noc(CNC(=O)[C@H]2CCOC(C)(C)C2)n1. The van der Waals surface area contributed by atoms with Crippen LogP contribution in [0.4, 0.5) is 0 Å². The van der Waals surface area contributed by atoms with Crippen molar-refractivity contribution in [2.24, 2.45) is 5.92 Å². The first kappa shape index (κ1) is 16.6. The summed E-state index contributed by atoms with van der Waals surface area (Å²) in [5.41, 5.74) is 1.77. The first-order chi connectivity index (χ1) is 11.4. The van der Waals surface area contributed by atoms with Crippen molar-refractivity contribution in [2.45, 2.75) is 45.8 Å². The van der Waals surface area contributed by atoms with Gasteiger partial charge in [0.15, 0.2) is 0 Å². The van der Waals surface area contributed by atoms with Crippen molar-refractivity contribution < 1.29 is 14.1 Å². The van der Waals surface area contributed by atoms with Crippen LogP contribution in [0.5, 0.6) is 0 Å². The minimum Gasteiger partial charge on any atom is -0.376 e. The van der Waals surface area contributed by atoms with Crippen molar-refractivity contribution in [3.8, 4) is 11.4 Å². The van der Waals surface area contributed by atoms with Crippen molar-refractivity contribution in [2.75, 3.05) is 6.61 Å². The van der Waals surface area contributed by atoms with E-state index < -0.39 is 0 Å². The maximum Gasteiger partial charge on any atom is 0.246 e. The van der Waals surface area contributed by atoms with E-state index in [1.807, 2.05) is 45.0 Å². The largest absolute Gasteiger partial charge is 0.376 e. The van der Waals surface area contributed by atoms with Crippen molar-refractivity contribution in [3.63, 3.8) is 0 Å². The third-order valence-electron chi connectivity index (χ3n) is 4.34. The molecule has 1 N–H and O–H groups in total. The third-order valence-corrected chi connectivity index (χ3v) is 4.34. The number of ether oxygens (including phenoxy) is 1. The number of nitrogens with zero attached hydrogens (tertiary/aromatic N) is 2. The summed E-state index contributed by atoms with van der Waals surface area (Å²) in [6, 6.07) is 7.86. The van der Waals surface area contributed by atoms with Crippen LogP contribution in [0, 0.1) is 12.8 Å². The predicted octanol–water partition coefficient (Wildman–Crippen LogP) is 2.87. The standard InChI is InChI=1S/C18H23N3O3/c1-12-6-4-5-7-14(12)16-20-15(24-21-16)11-19-17(22)13-8-9-23-18(2,3)10-13/h4-7,13H,8-11H2,1-3H3,(H,19,22)/t13-/m0/s1. The number of carbonyl (C=O) groups excluding carboxylic acids is 1. The van der Waals surface area contributed by atoms with E-state index in [9.17, 15) is 4.79 Å². The summed E-state index contributed by atoms with van der Waals surface area (Å²) in [4.78, 5) is 16.7. The molecule has 1 fully saturated rings. The molecular formula is C18H23N3O3. The van der Waals surface area contributed by atoms with Gasteiger partial charge in [-0.15, -0.1) is 0 Å². The van der Waals surface area contributed by atoms with Crippen LogP contribution in [0.2, 0.25) is 0 Å². The molecule has 24 heavy (non-hydrogen) atoms. The summed E-state index contributed by atoms with van der Waals surface area (Å²) >= 11 is 0. The molecule has 0 spiro atoms. The van der Waals surface area contributed by atoms with E-state index in [0.29, 0.717) is 18.3 Å². The number of rotatable bonds is 4. The lowest BCUT2D eigenvalue weighted by atomic mass is 9.88. The fourth-order valence-electron chi connectivity index (χ4n) is 3.02. The van der Waals surface area contributed by atoms with Gasteiger partial charge in [-0.25, -0.2) is 0 Å². The molecule has 1 atom stereocenters. The number of amides is 1. The Labute approximate surface area is 141 Å². The summed E-state index contributed by atoms with van der Waals surface area (Å²) < 4.78 is 10.9. The van der Waals surface area contributed by atoms with E-state index in [-0.39, 0.29) is 24.0 Å². The second kappa shape index (κ2) is 6.73. The van der Waals surface area contributed by atoms with Crippen LogP contribution in [0.15, 0.2) is 28.8 Å². The Hall–Kier alpha value is -2.21. The fourth-order valence-corrected chi connectivity index (χ4v) is 3.02. The first-order valence-electron chi connectivity index (χ1n) is 8.25. The molecule has 1 aromatic heterocycles.